The lowest BCUT2D eigenvalue weighted by Gasteiger charge is -2.23. The van der Waals surface area contributed by atoms with Gasteiger partial charge in [-0.1, -0.05) is 68.7 Å². The van der Waals surface area contributed by atoms with Gasteiger partial charge in [-0.2, -0.15) is 8.78 Å². The molecule has 0 bridgehead atoms. The number of aliphatic imine (C=N–C) groups is 1. The Morgan fingerprint density at radius 1 is 1.22 bits per heavy atom. The van der Waals surface area contributed by atoms with Crippen molar-refractivity contribution >= 4 is 11.4 Å². The number of methoxy groups -OCH3 is 1. The molecule has 1 atom stereocenters. The van der Waals surface area contributed by atoms with Gasteiger partial charge in [0, 0.05) is 14.0 Å². The summed E-state index contributed by atoms with van der Waals surface area (Å²) in [6.45, 7) is 11.9. The van der Waals surface area contributed by atoms with Crippen molar-refractivity contribution in [3.8, 4) is 0 Å². The van der Waals surface area contributed by atoms with Crippen LogP contribution < -0.4 is 0 Å². The molecule has 0 fully saturated rings. The van der Waals surface area contributed by atoms with Crippen LogP contribution in [0.5, 0.6) is 0 Å². The van der Waals surface area contributed by atoms with Gasteiger partial charge in [-0.15, -0.1) is 0 Å². The Morgan fingerprint density at radius 2 is 1.85 bits per heavy atom. The Kier molecular flexibility index (Phi) is 8.51. The Labute approximate surface area is 161 Å². The summed E-state index contributed by atoms with van der Waals surface area (Å²) < 4.78 is 32.6. The third kappa shape index (κ3) is 6.40. The molecule has 0 heterocycles. The molecular formula is C23H29F2NO. The van der Waals surface area contributed by atoms with E-state index in [0.29, 0.717) is 5.70 Å². The lowest BCUT2D eigenvalue weighted by molar-refractivity contribution is 0.0711. The Bertz CT molecular complexity index is 718. The van der Waals surface area contributed by atoms with E-state index >= 15 is 0 Å². The summed E-state index contributed by atoms with van der Waals surface area (Å²) in [4.78, 5) is 4.08. The number of hydrogen-bond acceptors (Lipinski definition) is 2. The summed E-state index contributed by atoms with van der Waals surface area (Å²) in [5.41, 5.74) is 1.58. The highest BCUT2D eigenvalue weighted by Gasteiger charge is 2.27. The van der Waals surface area contributed by atoms with Gasteiger partial charge in [-0.05, 0) is 37.0 Å². The third-order valence-electron chi connectivity index (χ3n) is 4.44. The summed E-state index contributed by atoms with van der Waals surface area (Å²) in [5.74, 6) is -3.03. The van der Waals surface area contributed by atoms with Crippen LogP contribution in [-0.2, 0) is 11.2 Å². The number of rotatable bonds is 10. The first-order chi connectivity index (χ1) is 12.7. The summed E-state index contributed by atoms with van der Waals surface area (Å²) in [7, 11) is 1.67. The molecule has 0 aliphatic rings. The van der Waals surface area contributed by atoms with Crippen LogP contribution >= 0.6 is 0 Å². The molecule has 0 amide bonds. The van der Waals surface area contributed by atoms with E-state index in [1.807, 2.05) is 43.3 Å². The Balaban J connectivity index is 2.97. The lowest BCUT2D eigenvalue weighted by atomic mass is 9.98. The van der Waals surface area contributed by atoms with Gasteiger partial charge in [0.05, 0.1) is 5.70 Å². The first kappa shape index (κ1) is 22.7. The standard InChI is InChI=1S/C23H29F2NO/c1-7-20(26-21(8-2)22(5,24)25)19-15-13-18(14-16-19)12-11-17-23(9-3,10-4)27-6/h7-9,11,13-17H,2-3,10,12H2,1,4-6H3/b17-11+,20-7+,26-21+. The van der Waals surface area contributed by atoms with Crippen LogP contribution in [0.15, 0.2) is 72.8 Å². The van der Waals surface area contributed by atoms with Crippen molar-refractivity contribution in [3.63, 3.8) is 0 Å². The topological polar surface area (TPSA) is 21.6 Å². The number of allylic oxidation sites excluding steroid dienone is 3. The maximum Gasteiger partial charge on any atom is 0.286 e. The summed E-state index contributed by atoms with van der Waals surface area (Å²) in [6.07, 6.45) is 10.2. The second-order valence-electron chi connectivity index (χ2n) is 6.28. The minimum atomic E-state index is -3.03. The molecule has 0 aliphatic heterocycles. The summed E-state index contributed by atoms with van der Waals surface area (Å²) >= 11 is 0. The number of alkyl halides is 2. The number of ether oxygens (including phenoxy) is 1. The van der Waals surface area contributed by atoms with Gasteiger partial charge in [-0.25, -0.2) is 4.99 Å². The van der Waals surface area contributed by atoms with Crippen molar-refractivity contribution in [1.29, 1.82) is 0 Å². The van der Waals surface area contributed by atoms with Crippen molar-refractivity contribution < 1.29 is 13.5 Å². The zero-order valence-corrected chi connectivity index (χ0v) is 16.6. The maximum atomic E-state index is 13.5. The predicted molar refractivity (Wildman–Crippen MR) is 111 cm³/mol. The van der Waals surface area contributed by atoms with Gasteiger partial charge in [0.25, 0.3) is 5.92 Å². The number of benzene rings is 1. The average Bonchev–Trinajstić information content (AvgIpc) is 2.66. The van der Waals surface area contributed by atoms with Gasteiger partial charge >= 0.3 is 0 Å². The molecule has 27 heavy (non-hydrogen) atoms. The molecule has 0 spiro atoms. The molecule has 0 aliphatic carbocycles. The van der Waals surface area contributed by atoms with Crippen molar-refractivity contribution in [3.05, 3.63) is 78.9 Å². The molecule has 4 heteroatoms. The van der Waals surface area contributed by atoms with Gasteiger partial charge in [-0.3, -0.25) is 0 Å². The number of hydrogen-bond donors (Lipinski definition) is 0. The molecule has 1 rings (SSSR count). The minimum absolute atomic E-state index is 0.345. The first-order valence-electron chi connectivity index (χ1n) is 8.96. The molecule has 0 saturated heterocycles. The molecular weight excluding hydrogens is 344 g/mol. The second kappa shape index (κ2) is 10.1. The van der Waals surface area contributed by atoms with E-state index in [1.165, 1.54) is 0 Å². The van der Waals surface area contributed by atoms with E-state index in [4.69, 9.17) is 4.74 Å². The molecule has 1 unspecified atom stereocenters. The zero-order valence-electron chi connectivity index (χ0n) is 16.6. The maximum absolute atomic E-state index is 13.5. The third-order valence-corrected chi connectivity index (χ3v) is 4.44. The summed E-state index contributed by atoms with van der Waals surface area (Å²) in [6, 6.07) is 7.69. The monoisotopic (exact) mass is 373 g/mol. The van der Waals surface area contributed by atoms with Gasteiger partial charge in [0.2, 0.25) is 0 Å². The van der Waals surface area contributed by atoms with Gasteiger partial charge < -0.3 is 4.74 Å². The van der Waals surface area contributed by atoms with Gasteiger partial charge in [0.1, 0.15) is 11.3 Å². The van der Waals surface area contributed by atoms with Crippen LogP contribution in [-0.4, -0.2) is 24.3 Å². The van der Waals surface area contributed by atoms with Crippen LogP contribution in [0.4, 0.5) is 8.78 Å². The highest BCUT2D eigenvalue weighted by atomic mass is 19.3. The normalized spacial score (nSPS) is 15.6. The van der Waals surface area contributed by atoms with E-state index < -0.39 is 11.5 Å². The summed E-state index contributed by atoms with van der Waals surface area (Å²) in [5, 5.41) is 0. The molecule has 0 aromatic heterocycles. The highest BCUT2D eigenvalue weighted by Crippen LogP contribution is 2.23. The zero-order chi connectivity index (χ0) is 20.5. The molecule has 2 nitrogen and oxygen atoms in total. The fraction of sp³-hybridized carbons (Fsp3) is 0.348. The van der Waals surface area contributed by atoms with E-state index in [0.717, 1.165) is 37.0 Å². The van der Waals surface area contributed by atoms with Crippen LogP contribution in [0.2, 0.25) is 0 Å². The van der Waals surface area contributed by atoms with E-state index in [9.17, 15) is 8.78 Å². The SMILES string of the molecule is C=C/C(=N\C(=C\C)c1ccc(C/C=C/C(C=C)(CC)OC)cc1)C(C)(F)F. The first-order valence-corrected chi connectivity index (χ1v) is 8.96. The molecule has 0 N–H and O–H groups in total. The van der Waals surface area contributed by atoms with Crippen molar-refractivity contribution in [1.82, 2.24) is 0 Å². The lowest BCUT2D eigenvalue weighted by Crippen LogP contribution is -2.24. The Morgan fingerprint density at radius 3 is 2.26 bits per heavy atom. The van der Waals surface area contributed by atoms with E-state index in [-0.39, 0.29) is 5.71 Å². The second-order valence-corrected chi connectivity index (χ2v) is 6.28. The highest BCUT2D eigenvalue weighted by molar-refractivity contribution is 6.02. The van der Waals surface area contributed by atoms with Crippen LogP contribution in [0, 0.1) is 0 Å². The average molecular weight is 373 g/mol. The van der Waals surface area contributed by atoms with Crippen LogP contribution in [0.3, 0.4) is 0 Å². The van der Waals surface area contributed by atoms with Crippen LogP contribution in [0.1, 0.15) is 38.3 Å². The fourth-order valence-corrected chi connectivity index (χ4v) is 2.58. The fourth-order valence-electron chi connectivity index (χ4n) is 2.58. The van der Waals surface area contributed by atoms with Crippen LogP contribution in [0.25, 0.3) is 5.70 Å². The van der Waals surface area contributed by atoms with Crippen molar-refractivity contribution in [2.24, 2.45) is 4.99 Å². The minimum Gasteiger partial charge on any atom is -0.370 e. The van der Waals surface area contributed by atoms with E-state index in [2.05, 4.69) is 18.2 Å². The van der Waals surface area contributed by atoms with Gasteiger partial charge in [0.15, 0.2) is 0 Å². The number of halogens is 2. The molecule has 1 aromatic rings. The number of nitrogens with zero attached hydrogens (tertiary/aromatic N) is 1. The van der Waals surface area contributed by atoms with Crippen molar-refractivity contribution in [2.45, 2.75) is 45.1 Å². The molecule has 146 valence electrons. The molecule has 0 saturated carbocycles. The Hall–Kier alpha value is -2.33. The van der Waals surface area contributed by atoms with Crippen molar-refractivity contribution in [2.75, 3.05) is 7.11 Å². The quantitative estimate of drug-likeness (QED) is 0.343. The molecule has 0 radical (unpaired) electrons. The predicted octanol–water partition coefficient (Wildman–Crippen LogP) is 6.41. The van der Waals surface area contributed by atoms with E-state index in [1.54, 1.807) is 26.2 Å². The smallest absolute Gasteiger partial charge is 0.286 e. The largest absolute Gasteiger partial charge is 0.370 e. The molecule has 1 aromatic carbocycles.